The summed E-state index contributed by atoms with van der Waals surface area (Å²) in [5.74, 6) is -1.56. The molecule has 0 radical (unpaired) electrons. The number of unbranched alkanes of at least 4 members (excludes halogenated alkanes) is 5. The molecule has 0 aliphatic heterocycles. The Bertz CT molecular complexity index is 1630. The Kier molecular flexibility index (Phi) is 16.6. The molecule has 3 unspecified atom stereocenters. The van der Waals surface area contributed by atoms with Crippen molar-refractivity contribution in [3.63, 3.8) is 0 Å². The van der Waals surface area contributed by atoms with Gasteiger partial charge in [0.15, 0.2) is 0 Å². The summed E-state index contributed by atoms with van der Waals surface area (Å²) in [5.41, 5.74) is 1.41. The minimum absolute atomic E-state index is 0.0672. The van der Waals surface area contributed by atoms with Gasteiger partial charge >= 0.3 is 12.1 Å². The van der Waals surface area contributed by atoms with Crippen LogP contribution in [0.15, 0.2) is 78.9 Å². The zero-order valence-electron chi connectivity index (χ0n) is 33.4. The number of hydrogen-bond acceptors (Lipinski definition) is 7. The molecule has 0 fully saturated rings. The molecule has 0 aromatic heterocycles. The molecule has 54 heavy (non-hydrogen) atoms. The standard InChI is InChI=1S/C44H61N3O7/c1-9-10-11-12-13-17-28-47(40(50)36(46-42(52)54-44(6,7)8)29-33-22-26-35(48)27-23-33)38(34-24-20-31(2)21-25-34)39(49)45-37(41(51)53-43(3,4)5)30-32-18-15-14-16-19-32/h14-16,18-27,36-38,48H,9-13,17,28-30H2,1-8H3,(H,45,49)(H,46,52). The third-order valence-corrected chi connectivity index (χ3v) is 8.64. The molecule has 0 spiro atoms. The van der Waals surface area contributed by atoms with E-state index in [0.29, 0.717) is 17.5 Å². The van der Waals surface area contributed by atoms with Crippen LogP contribution in [-0.2, 0) is 36.7 Å². The predicted molar refractivity (Wildman–Crippen MR) is 212 cm³/mol. The van der Waals surface area contributed by atoms with E-state index in [2.05, 4.69) is 17.6 Å². The van der Waals surface area contributed by atoms with E-state index < -0.39 is 53.2 Å². The molecule has 0 aliphatic rings. The number of rotatable bonds is 18. The SMILES string of the molecule is CCCCCCCCN(C(=O)C(Cc1ccc(O)cc1)NC(=O)OC(C)(C)C)C(C(=O)NC(Cc1ccccc1)C(=O)OC(C)(C)C)c1ccc(C)cc1. The topological polar surface area (TPSA) is 134 Å². The van der Waals surface area contributed by atoms with Crippen LogP contribution in [0, 0.1) is 6.92 Å². The van der Waals surface area contributed by atoms with Crippen LogP contribution in [0.1, 0.15) is 115 Å². The van der Waals surface area contributed by atoms with Crippen LogP contribution < -0.4 is 10.6 Å². The van der Waals surface area contributed by atoms with Crippen LogP contribution in [0.5, 0.6) is 5.75 Å². The summed E-state index contributed by atoms with van der Waals surface area (Å²) in [4.78, 5) is 58.2. The van der Waals surface area contributed by atoms with Gasteiger partial charge in [-0.05, 0) is 83.7 Å². The Morgan fingerprint density at radius 1 is 0.685 bits per heavy atom. The van der Waals surface area contributed by atoms with Crippen molar-refractivity contribution < 1.29 is 33.8 Å². The third kappa shape index (κ3) is 15.2. The number of esters is 1. The van der Waals surface area contributed by atoms with E-state index in [4.69, 9.17) is 9.47 Å². The normalized spacial score (nSPS) is 13.3. The molecule has 3 aromatic carbocycles. The van der Waals surface area contributed by atoms with Gasteiger partial charge in [-0.15, -0.1) is 0 Å². The largest absolute Gasteiger partial charge is 0.508 e. The van der Waals surface area contributed by atoms with Crippen molar-refractivity contribution in [1.82, 2.24) is 15.5 Å². The second kappa shape index (κ2) is 20.6. The minimum Gasteiger partial charge on any atom is -0.508 e. The van der Waals surface area contributed by atoms with Gasteiger partial charge in [0, 0.05) is 19.4 Å². The Balaban J connectivity index is 2.12. The first kappa shape index (κ1) is 43.5. The highest BCUT2D eigenvalue weighted by atomic mass is 16.6. The Morgan fingerprint density at radius 2 is 1.24 bits per heavy atom. The first-order valence-electron chi connectivity index (χ1n) is 19.2. The van der Waals surface area contributed by atoms with Crippen LogP contribution in [0.4, 0.5) is 4.79 Å². The van der Waals surface area contributed by atoms with Gasteiger partial charge in [-0.1, -0.05) is 111 Å². The molecule has 0 saturated heterocycles. The van der Waals surface area contributed by atoms with Crippen molar-refractivity contribution in [3.05, 3.63) is 101 Å². The number of aryl methyl sites for hydroxylation is 1. The number of carbonyl (C=O) groups is 4. The lowest BCUT2D eigenvalue weighted by Gasteiger charge is -2.35. The fraction of sp³-hybridized carbons (Fsp3) is 0.500. The smallest absolute Gasteiger partial charge is 0.408 e. The molecule has 0 heterocycles. The van der Waals surface area contributed by atoms with Crippen LogP contribution in [-0.4, -0.2) is 63.7 Å². The summed E-state index contributed by atoms with van der Waals surface area (Å²) < 4.78 is 11.4. The van der Waals surface area contributed by atoms with E-state index in [1.54, 1.807) is 53.7 Å². The number of nitrogens with zero attached hydrogens (tertiary/aromatic N) is 1. The molecule has 10 heteroatoms. The molecule has 3 amide bonds. The molecule has 3 rings (SSSR count). The lowest BCUT2D eigenvalue weighted by Crippen LogP contribution is -2.55. The molecule has 10 nitrogen and oxygen atoms in total. The number of alkyl carbamates (subject to hydrolysis) is 1. The number of phenolic OH excluding ortho intramolecular Hbond substituents is 1. The molecule has 3 N–H and O–H groups in total. The first-order valence-corrected chi connectivity index (χ1v) is 19.2. The zero-order valence-corrected chi connectivity index (χ0v) is 33.4. The minimum atomic E-state index is -1.16. The highest BCUT2D eigenvalue weighted by Crippen LogP contribution is 2.26. The van der Waals surface area contributed by atoms with Crippen LogP contribution in [0.3, 0.4) is 0 Å². The number of carbonyl (C=O) groups excluding carboxylic acids is 4. The monoisotopic (exact) mass is 743 g/mol. The molecular formula is C44H61N3O7. The van der Waals surface area contributed by atoms with Gasteiger partial charge in [-0.3, -0.25) is 9.59 Å². The maximum absolute atomic E-state index is 15.0. The van der Waals surface area contributed by atoms with Crippen molar-refractivity contribution in [2.24, 2.45) is 0 Å². The van der Waals surface area contributed by atoms with Gasteiger partial charge in [0.25, 0.3) is 0 Å². The molecule has 0 saturated carbocycles. The summed E-state index contributed by atoms with van der Waals surface area (Å²) in [5, 5.41) is 15.7. The molecule has 3 atom stereocenters. The number of aromatic hydroxyl groups is 1. The van der Waals surface area contributed by atoms with Crippen molar-refractivity contribution in [1.29, 1.82) is 0 Å². The van der Waals surface area contributed by atoms with Crippen LogP contribution >= 0.6 is 0 Å². The van der Waals surface area contributed by atoms with Gasteiger partial charge in [0.2, 0.25) is 11.8 Å². The van der Waals surface area contributed by atoms with E-state index in [-0.39, 0.29) is 25.1 Å². The number of hydrogen-bond donors (Lipinski definition) is 3. The predicted octanol–water partition coefficient (Wildman–Crippen LogP) is 8.14. The van der Waals surface area contributed by atoms with Gasteiger partial charge in [-0.2, -0.15) is 0 Å². The molecule has 294 valence electrons. The lowest BCUT2D eigenvalue weighted by atomic mass is 9.98. The maximum atomic E-state index is 15.0. The highest BCUT2D eigenvalue weighted by Gasteiger charge is 2.38. The average molecular weight is 744 g/mol. The second-order valence-electron chi connectivity index (χ2n) is 16.0. The maximum Gasteiger partial charge on any atom is 0.408 e. The van der Waals surface area contributed by atoms with Crippen molar-refractivity contribution in [2.75, 3.05) is 6.54 Å². The van der Waals surface area contributed by atoms with Crippen LogP contribution in [0.25, 0.3) is 0 Å². The Hall–Kier alpha value is -4.86. The zero-order chi connectivity index (χ0) is 39.9. The van der Waals surface area contributed by atoms with Gasteiger partial charge in [0.05, 0.1) is 0 Å². The number of nitrogens with one attached hydrogen (secondary N) is 2. The average Bonchev–Trinajstić information content (AvgIpc) is 3.09. The number of phenols is 1. The quantitative estimate of drug-likeness (QED) is 0.0885. The Labute approximate surface area is 322 Å². The van der Waals surface area contributed by atoms with E-state index in [0.717, 1.165) is 43.2 Å². The van der Waals surface area contributed by atoms with E-state index in [1.165, 1.54) is 17.0 Å². The lowest BCUT2D eigenvalue weighted by molar-refractivity contribution is -0.159. The number of benzene rings is 3. The number of amides is 3. The van der Waals surface area contributed by atoms with E-state index in [1.807, 2.05) is 61.5 Å². The second-order valence-corrected chi connectivity index (χ2v) is 16.0. The fourth-order valence-corrected chi connectivity index (χ4v) is 6.04. The van der Waals surface area contributed by atoms with Crippen molar-refractivity contribution in [2.45, 2.75) is 136 Å². The van der Waals surface area contributed by atoms with Gasteiger partial charge in [-0.25, -0.2) is 9.59 Å². The van der Waals surface area contributed by atoms with Crippen molar-refractivity contribution >= 4 is 23.9 Å². The van der Waals surface area contributed by atoms with Crippen LogP contribution in [0.2, 0.25) is 0 Å². The van der Waals surface area contributed by atoms with Gasteiger partial charge < -0.3 is 30.1 Å². The van der Waals surface area contributed by atoms with E-state index in [9.17, 15) is 19.5 Å². The summed E-state index contributed by atoms with van der Waals surface area (Å²) in [6.07, 6.45) is 5.17. The summed E-state index contributed by atoms with van der Waals surface area (Å²) in [6.45, 7) is 14.8. The first-order chi connectivity index (χ1) is 25.5. The summed E-state index contributed by atoms with van der Waals surface area (Å²) in [6, 6.07) is 19.8. The molecule has 3 aromatic rings. The Morgan fingerprint density at radius 3 is 1.83 bits per heavy atom. The van der Waals surface area contributed by atoms with Crippen molar-refractivity contribution in [3.8, 4) is 5.75 Å². The molecular weight excluding hydrogens is 682 g/mol. The number of ether oxygens (including phenoxy) is 2. The molecule has 0 bridgehead atoms. The fourth-order valence-electron chi connectivity index (χ4n) is 6.04. The third-order valence-electron chi connectivity index (χ3n) is 8.64. The summed E-state index contributed by atoms with van der Waals surface area (Å²) in [7, 11) is 0. The highest BCUT2D eigenvalue weighted by molar-refractivity contribution is 5.94. The van der Waals surface area contributed by atoms with Gasteiger partial charge in [0.1, 0.15) is 35.1 Å². The molecule has 0 aliphatic carbocycles. The summed E-state index contributed by atoms with van der Waals surface area (Å²) >= 11 is 0. The van der Waals surface area contributed by atoms with E-state index >= 15 is 4.79 Å².